The molecule has 0 saturated carbocycles. The zero-order valence-corrected chi connectivity index (χ0v) is 7.53. The van der Waals surface area contributed by atoms with Gasteiger partial charge in [0, 0.05) is 5.88 Å². The monoisotopic (exact) mass is 172 g/mol. The first kappa shape index (κ1) is 8.66. The molecule has 1 heterocycles. The highest BCUT2D eigenvalue weighted by molar-refractivity contribution is 6.17. The Kier molecular flexibility index (Phi) is 3.50. The molecule has 1 nitrogen and oxygen atoms in total. The molecule has 1 aliphatic carbocycles. The second kappa shape index (κ2) is 4.45. The predicted octanol–water partition coefficient (Wildman–Crippen LogP) is 3.68. The van der Waals surface area contributed by atoms with Gasteiger partial charge in [-0.25, -0.2) is 0 Å². The summed E-state index contributed by atoms with van der Waals surface area (Å²) >= 11 is 5.38. The fraction of sp³-hybridized carbons (Fsp3) is 0.556. The van der Waals surface area contributed by atoms with E-state index in [4.69, 9.17) is 16.0 Å². The first-order chi connectivity index (χ1) is 5.38. The second-order valence-electron chi connectivity index (χ2n) is 2.60. The quantitative estimate of drug-likeness (QED) is 0.509. The molecule has 62 valence electrons. The normalized spacial score (nSPS) is 10.4. The summed E-state index contributed by atoms with van der Waals surface area (Å²) in [4.78, 5) is 0. The van der Waals surface area contributed by atoms with Gasteiger partial charge in [0.25, 0.3) is 0 Å². The van der Waals surface area contributed by atoms with Crippen molar-refractivity contribution in [3.05, 3.63) is 12.3 Å². The van der Waals surface area contributed by atoms with E-state index >= 15 is 0 Å². The van der Waals surface area contributed by atoms with Crippen LogP contribution in [0.2, 0.25) is 0 Å². The molecule has 0 spiro atoms. The van der Waals surface area contributed by atoms with E-state index < -0.39 is 0 Å². The van der Waals surface area contributed by atoms with Crippen LogP contribution in [0.15, 0.2) is 16.7 Å². The van der Waals surface area contributed by atoms with E-state index in [1.54, 1.807) is 6.26 Å². The lowest BCUT2D eigenvalue weighted by atomic mass is 10.3. The van der Waals surface area contributed by atoms with Crippen molar-refractivity contribution >= 4 is 11.6 Å². The Labute approximate surface area is 72.4 Å². The molecule has 0 saturated heterocycles. The van der Waals surface area contributed by atoms with E-state index in [1.165, 1.54) is 24.8 Å². The smallest absolute Gasteiger partial charge is 0.137 e. The number of alkyl halides is 1. The summed E-state index contributed by atoms with van der Waals surface area (Å²) in [7, 11) is 0. The first-order valence-electron chi connectivity index (χ1n) is 4.03. The summed E-state index contributed by atoms with van der Waals surface area (Å²) in [6.45, 7) is 2.17. The van der Waals surface area contributed by atoms with Crippen molar-refractivity contribution in [2.75, 3.05) is 5.88 Å². The van der Waals surface area contributed by atoms with Crippen LogP contribution >= 0.6 is 11.6 Å². The molecule has 1 aliphatic heterocycles. The zero-order chi connectivity index (χ0) is 8.10. The van der Waals surface area contributed by atoms with Crippen molar-refractivity contribution in [3.8, 4) is 11.3 Å². The Morgan fingerprint density at radius 2 is 2.18 bits per heavy atom. The van der Waals surface area contributed by atoms with Crippen LogP contribution in [0.1, 0.15) is 26.2 Å². The summed E-state index contributed by atoms with van der Waals surface area (Å²) < 4.78 is 4.70. The van der Waals surface area contributed by atoms with Crippen LogP contribution in [0.25, 0.3) is 11.3 Å². The summed E-state index contributed by atoms with van der Waals surface area (Å²) in [5, 5.41) is 0. The largest absolute Gasteiger partial charge is 0.463 e. The van der Waals surface area contributed by atoms with Crippen LogP contribution in [0.5, 0.6) is 0 Å². The van der Waals surface area contributed by atoms with Gasteiger partial charge in [-0.3, -0.25) is 0 Å². The molecule has 0 unspecified atom stereocenters. The summed E-state index contributed by atoms with van der Waals surface area (Å²) in [6, 6.07) is 2.00. The van der Waals surface area contributed by atoms with Crippen LogP contribution in [-0.2, 0) is 0 Å². The lowest BCUT2D eigenvalue weighted by molar-refractivity contribution is 0.556. The Morgan fingerprint density at radius 3 is 2.27 bits per heavy atom. The lowest BCUT2D eigenvalue weighted by Gasteiger charge is -1.84. The Hall–Kier alpha value is -0.430. The van der Waals surface area contributed by atoms with Gasteiger partial charge < -0.3 is 4.42 Å². The van der Waals surface area contributed by atoms with Crippen LogP contribution in [0.3, 0.4) is 0 Å². The number of hydrogen-bond donors (Lipinski definition) is 0. The number of hydrogen-bond acceptors (Lipinski definition) is 1. The molecule has 2 heteroatoms. The lowest BCUT2D eigenvalue weighted by Crippen LogP contribution is -1.70. The van der Waals surface area contributed by atoms with Gasteiger partial charge in [0.05, 0.1) is 5.56 Å². The maximum atomic E-state index is 5.38. The van der Waals surface area contributed by atoms with E-state index in [1.807, 2.05) is 6.07 Å². The maximum absolute atomic E-state index is 5.38. The van der Waals surface area contributed by atoms with Crippen LogP contribution in [0, 0.1) is 0 Å². The number of rotatable bonds is 3. The van der Waals surface area contributed by atoms with Gasteiger partial charge in [-0.15, -0.1) is 11.6 Å². The van der Waals surface area contributed by atoms with Gasteiger partial charge in [0.2, 0.25) is 0 Å². The molecule has 0 N–H and O–H groups in total. The third-order valence-electron chi connectivity index (χ3n) is 1.54. The third-order valence-corrected chi connectivity index (χ3v) is 1.81. The Morgan fingerprint density at radius 1 is 1.45 bits per heavy atom. The highest BCUT2D eigenvalue weighted by Crippen LogP contribution is 2.36. The fourth-order valence-electron chi connectivity index (χ4n) is 0.713. The van der Waals surface area contributed by atoms with E-state index in [2.05, 4.69) is 6.92 Å². The minimum atomic E-state index is 0.827. The molecule has 2 aliphatic rings. The summed E-state index contributed by atoms with van der Waals surface area (Å²) in [5.41, 5.74) is 1.30. The van der Waals surface area contributed by atoms with E-state index in [-0.39, 0.29) is 0 Å². The van der Waals surface area contributed by atoms with Gasteiger partial charge in [0.1, 0.15) is 12.0 Å². The first-order valence-corrected chi connectivity index (χ1v) is 4.56. The number of fused-ring (bicyclic) bond motifs is 1. The highest BCUT2D eigenvalue weighted by atomic mass is 35.5. The van der Waals surface area contributed by atoms with Crippen molar-refractivity contribution in [1.82, 2.24) is 0 Å². The van der Waals surface area contributed by atoms with Crippen molar-refractivity contribution < 1.29 is 4.42 Å². The standard InChI is InChI=1S/C5H11Cl.C4H2O/c1-2-3-4-5-6;1-3-2-5-4(1)3/h2-5H2,1H3;1-2H. The minimum Gasteiger partial charge on any atom is -0.463 e. The SMILES string of the molecule is CCCCCCl.c1oc2cc1-2. The average Bonchev–Trinajstić information content (AvgIpc) is 2.56. The van der Waals surface area contributed by atoms with Gasteiger partial charge in [-0.2, -0.15) is 0 Å². The predicted molar refractivity (Wildman–Crippen MR) is 47.9 cm³/mol. The average molecular weight is 173 g/mol. The van der Waals surface area contributed by atoms with Crippen molar-refractivity contribution in [2.45, 2.75) is 26.2 Å². The molecular weight excluding hydrogens is 160 g/mol. The molecule has 11 heavy (non-hydrogen) atoms. The Balaban J connectivity index is 0.000000110. The van der Waals surface area contributed by atoms with Gasteiger partial charge in [0.15, 0.2) is 0 Å². The second-order valence-corrected chi connectivity index (χ2v) is 2.97. The molecule has 0 fully saturated rings. The van der Waals surface area contributed by atoms with Crippen molar-refractivity contribution in [1.29, 1.82) is 0 Å². The summed E-state index contributed by atoms with van der Waals surface area (Å²) in [5.74, 6) is 1.92. The molecular formula is C9H13ClO. The molecule has 0 radical (unpaired) electrons. The molecule has 0 aromatic heterocycles. The molecule has 0 atom stereocenters. The van der Waals surface area contributed by atoms with Gasteiger partial charge in [-0.05, 0) is 12.5 Å². The van der Waals surface area contributed by atoms with Crippen LogP contribution in [-0.4, -0.2) is 5.88 Å². The van der Waals surface area contributed by atoms with Crippen LogP contribution < -0.4 is 0 Å². The number of halogens is 1. The van der Waals surface area contributed by atoms with Crippen LogP contribution in [0.4, 0.5) is 0 Å². The highest BCUT2D eigenvalue weighted by Gasteiger charge is 2.16. The zero-order valence-electron chi connectivity index (χ0n) is 6.77. The molecule has 0 aromatic carbocycles. The minimum absolute atomic E-state index is 0.827. The van der Waals surface area contributed by atoms with Crippen molar-refractivity contribution in [2.24, 2.45) is 0 Å². The van der Waals surface area contributed by atoms with E-state index in [0.717, 1.165) is 11.6 Å². The number of unbranched alkanes of at least 4 members (excludes halogenated alkanes) is 2. The van der Waals surface area contributed by atoms with Gasteiger partial charge in [-0.1, -0.05) is 19.8 Å². The fourth-order valence-corrected chi connectivity index (χ4v) is 0.902. The molecule has 0 bridgehead atoms. The van der Waals surface area contributed by atoms with E-state index in [9.17, 15) is 0 Å². The van der Waals surface area contributed by atoms with Gasteiger partial charge >= 0.3 is 0 Å². The third kappa shape index (κ3) is 2.98. The molecule has 0 amide bonds. The Bertz CT molecular complexity index is 177. The summed E-state index contributed by atoms with van der Waals surface area (Å²) in [6.07, 6.45) is 5.48. The maximum Gasteiger partial charge on any atom is 0.137 e. The topological polar surface area (TPSA) is 13.1 Å². The number of furan rings is 1. The van der Waals surface area contributed by atoms with Crippen molar-refractivity contribution in [3.63, 3.8) is 0 Å². The molecule has 2 rings (SSSR count). The van der Waals surface area contributed by atoms with E-state index in [0.29, 0.717) is 0 Å². The molecule has 0 aromatic rings.